The highest BCUT2D eigenvalue weighted by atomic mass is 16.1. The van der Waals surface area contributed by atoms with Crippen molar-refractivity contribution in [2.75, 3.05) is 0 Å². The van der Waals surface area contributed by atoms with Crippen LogP contribution in [0.25, 0.3) is 11.6 Å². The van der Waals surface area contributed by atoms with E-state index in [1.165, 1.54) is 6.08 Å². The molecule has 0 radical (unpaired) electrons. The fourth-order valence-electron chi connectivity index (χ4n) is 1.31. The summed E-state index contributed by atoms with van der Waals surface area (Å²) in [6, 6.07) is 7.20. The molecular formula is C10H6N2O. The van der Waals surface area contributed by atoms with Crippen molar-refractivity contribution in [3.05, 3.63) is 47.0 Å². The summed E-state index contributed by atoms with van der Waals surface area (Å²) in [4.78, 5) is 14.4. The van der Waals surface area contributed by atoms with Crippen LogP contribution in [-0.4, -0.2) is 16.3 Å². The lowest BCUT2D eigenvalue weighted by molar-refractivity contribution is -0.00435. The third kappa shape index (κ3) is 1.11. The van der Waals surface area contributed by atoms with Gasteiger partial charge in [-0.05, 0) is 11.6 Å². The van der Waals surface area contributed by atoms with Crippen LogP contribution < -0.4 is 0 Å². The molecule has 0 bridgehead atoms. The maximum absolute atomic E-state index is 11.5. The summed E-state index contributed by atoms with van der Waals surface area (Å²) in [6.07, 6.45) is 3.26. The Bertz CT molecular complexity index is 454. The molecular weight excluding hydrogens is 164 g/mol. The second kappa shape index (κ2) is 2.81. The van der Waals surface area contributed by atoms with E-state index in [2.05, 4.69) is 4.79 Å². The number of fused-ring (bicyclic) bond motifs is 1. The molecule has 0 N–H and O–H groups in total. The fraction of sp³-hybridized carbons (Fsp3) is 0. The standard InChI is InChI=1S/C10H6N2O/c11-12-9-6-5-7-3-1-2-4-8(7)10(9)13/h1-6H. The van der Waals surface area contributed by atoms with Gasteiger partial charge in [0.25, 0.3) is 5.78 Å². The Morgan fingerprint density at radius 1 is 1.15 bits per heavy atom. The first-order chi connectivity index (χ1) is 6.33. The SMILES string of the molecule is [N-]=[N+]=C1C=Cc2ccccc2C1=O. The number of carbonyl (C=O) groups is 1. The van der Waals surface area contributed by atoms with Crippen LogP contribution in [0.1, 0.15) is 15.9 Å². The predicted molar refractivity (Wildman–Crippen MR) is 48.4 cm³/mol. The van der Waals surface area contributed by atoms with Crippen molar-refractivity contribution >= 4 is 17.6 Å². The third-order valence-corrected chi connectivity index (χ3v) is 1.97. The number of hydrogen-bond donors (Lipinski definition) is 0. The molecule has 0 saturated carbocycles. The first kappa shape index (κ1) is 7.65. The maximum Gasteiger partial charge on any atom is 0.362 e. The summed E-state index contributed by atoms with van der Waals surface area (Å²) in [5.41, 5.74) is 10.0. The topological polar surface area (TPSA) is 53.5 Å². The molecule has 0 aliphatic heterocycles. The molecule has 1 aromatic rings. The van der Waals surface area contributed by atoms with E-state index in [-0.39, 0.29) is 11.5 Å². The first-order valence-electron chi connectivity index (χ1n) is 3.87. The number of hydrogen-bond acceptors (Lipinski definition) is 1. The Kier molecular flexibility index (Phi) is 1.65. The molecule has 62 valence electrons. The number of rotatable bonds is 0. The summed E-state index contributed by atoms with van der Waals surface area (Å²) in [7, 11) is 0. The van der Waals surface area contributed by atoms with Gasteiger partial charge in [-0.3, -0.25) is 4.79 Å². The molecule has 3 heteroatoms. The summed E-state index contributed by atoms with van der Waals surface area (Å²) < 4.78 is 0. The van der Waals surface area contributed by atoms with Gasteiger partial charge < -0.3 is 5.53 Å². The van der Waals surface area contributed by atoms with Crippen molar-refractivity contribution in [3.63, 3.8) is 0 Å². The molecule has 0 amide bonds. The maximum atomic E-state index is 11.5. The largest absolute Gasteiger partial charge is 0.362 e. The van der Waals surface area contributed by atoms with E-state index in [0.29, 0.717) is 5.56 Å². The number of allylic oxidation sites excluding steroid dienone is 1. The van der Waals surface area contributed by atoms with Crippen molar-refractivity contribution < 1.29 is 9.58 Å². The molecule has 0 fully saturated rings. The van der Waals surface area contributed by atoms with Crippen molar-refractivity contribution in [3.8, 4) is 0 Å². The molecule has 0 spiro atoms. The highest BCUT2D eigenvalue weighted by Gasteiger charge is 2.24. The van der Waals surface area contributed by atoms with Gasteiger partial charge in [0.2, 0.25) is 0 Å². The molecule has 1 aromatic carbocycles. The van der Waals surface area contributed by atoms with Crippen LogP contribution >= 0.6 is 0 Å². The zero-order valence-corrected chi connectivity index (χ0v) is 6.77. The number of nitrogens with zero attached hydrogens (tertiary/aromatic N) is 2. The van der Waals surface area contributed by atoms with Crippen LogP contribution in [0.4, 0.5) is 0 Å². The Hall–Kier alpha value is -1.99. The highest BCUT2D eigenvalue weighted by molar-refractivity contribution is 6.50. The molecule has 1 aliphatic carbocycles. The van der Waals surface area contributed by atoms with Gasteiger partial charge in [0.15, 0.2) is 0 Å². The third-order valence-electron chi connectivity index (χ3n) is 1.97. The summed E-state index contributed by atoms with van der Waals surface area (Å²) in [5.74, 6) is -0.236. The number of benzene rings is 1. The second-order valence-electron chi connectivity index (χ2n) is 2.73. The minimum Gasteiger partial charge on any atom is -0.361 e. The first-order valence-corrected chi connectivity index (χ1v) is 3.87. The molecule has 0 saturated heterocycles. The fourth-order valence-corrected chi connectivity index (χ4v) is 1.31. The smallest absolute Gasteiger partial charge is 0.361 e. The van der Waals surface area contributed by atoms with Gasteiger partial charge >= 0.3 is 5.71 Å². The van der Waals surface area contributed by atoms with Crippen LogP contribution in [-0.2, 0) is 0 Å². The van der Waals surface area contributed by atoms with E-state index < -0.39 is 0 Å². The quantitative estimate of drug-likeness (QED) is 0.430. The molecule has 2 rings (SSSR count). The molecule has 0 unspecified atom stereocenters. The predicted octanol–water partition coefficient (Wildman–Crippen LogP) is 1.57. The Balaban J connectivity index is 2.68. The van der Waals surface area contributed by atoms with Gasteiger partial charge in [-0.25, -0.2) is 0 Å². The average molecular weight is 170 g/mol. The minimum absolute atomic E-state index is 0.0821. The van der Waals surface area contributed by atoms with Gasteiger partial charge in [0, 0.05) is 11.6 Å². The monoisotopic (exact) mass is 170 g/mol. The molecule has 1 aliphatic rings. The van der Waals surface area contributed by atoms with Gasteiger partial charge in [-0.2, -0.15) is 4.79 Å². The van der Waals surface area contributed by atoms with Gasteiger partial charge in [0.1, 0.15) is 0 Å². The molecule has 13 heavy (non-hydrogen) atoms. The number of ketones is 1. The Morgan fingerprint density at radius 3 is 2.69 bits per heavy atom. The van der Waals surface area contributed by atoms with E-state index in [4.69, 9.17) is 5.53 Å². The van der Waals surface area contributed by atoms with E-state index in [0.717, 1.165) is 5.56 Å². The van der Waals surface area contributed by atoms with Crippen molar-refractivity contribution in [1.82, 2.24) is 0 Å². The van der Waals surface area contributed by atoms with E-state index >= 15 is 0 Å². The van der Waals surface area contributed by atoms with Crippen LogP contribution in [0.5, 0.6) is 0 Å². The van der Waals surface area contributed by atoms with Crippen molar-refractivity contribution in [2.24, 2.45) is 0 Å². The molecule has 0 aromatic heterocycles. The lowest BCUT2D eigenvalue weighted by Gasteiger charge is -2.04. The van der Waals surface area contributed by atoms with Crippen LogP contribution in [0.15, 0.2) is 30.3 Å². The van der Waals surface area contributed by atoms with Gasteiger partial charge in [0.05, 0.1) is 0 Å². The lowest BCUT2D eigenvalue weighted by Crippen LogP contribution is -2.17. The normalized spacial score (nSPS) is 13.8. The minimum atomic E-state index is -0.236. The van der Waals surface area contributed by atoms with Crippen molar-refractivity contribution in [1.29, 1.82) is 0 Å². The highest BCUT2D eigenvalue weighted by Crippen LogP contribution is 2.16. The molecule has 0 heterocycles. The molecule has 3 nitrogen and oxygen atoms in total. The van der Waals surface area contributed by atoms with E-state index in [1.807, 2.05) is 12.1 Å². The Morgan fingerprint density at radius 2 is 1.92 bits per heavy atom. The molecule has 0 atom stereocenters. The van der Waals surface area contributed by atoms with E-state index in [1.54, 1.807) is 18.2 Å². The lowest BCUT2D eigenvalue weighted by atomic mass is 9.95. The number of carbonyl (C=O) groups excluding carboxylic acids is 1. The second-order valence-corrected chi connectivity index (χ2v) is 2.73. The van der Waals surface area contributed by atoms with E-state index in [9.17, 15) is 4.79 Å². The van der Waals surface area contributed by atoms with Gasteiger partial charge in [-0.15, -0.1) is 0 Å². The zero-order valence-electron chi connectivity index (χ0n) is 6.77. The van der Waals surface area contributed by atoms with Crippen LogP contribution in [0.3, 0.4) is 0 Å². The van der Waals surface area contributed by atoms with Crippen LogP contribution in [0, 0.1) is 0 Å². The van der Waals surface area contributed by atoms with Crippen molar-refractivity contribution in [2.45, 2.75) is 0 Å². The summed E-state index contributed by atoms with van der Waals surface area (Å²) >= 11 is 0. The summed E-state index contributed by atoms with van der Waals surface area (Å²) in [6.45, 7) is 0. The average Bonchev–Trinajstić information content (AvgIpc) is 2.19. The Labute approximate surface area is 74.9 Å². The summed E-state index contributed by atoms with van der Waals surface area (Å²) in [5, 5.41) is 0. The van der Waals surface area contributed by atoms with Crippen LogP contribution in [0.2, 0.25) is 0 Å². The zero-order chi connectivity index (χ0) is 9.26. The van der Waals surface area contributed by atoms with Gasteiger partial charge in [-0.1, -0.05) is 24.3 Å². The number of Topliss-reactive ketones (excluding diaryl/α,β-unsaturated/α-hetero) is 1.